The molecule has 0 saturated carbocycles. The van der Waals surface area contributed by atoms with Crippen LogP contribution in [-0.4, -0.2) is 20.8 Å². The molecule has 0 fully saturated rings. The van der Waals surface area contributed by atoms with Gasteiger partial charge in [-0.15, -0.1) is 0 Å². The lowest BCUT2D eigenvalue weighted by Gasteiger charge is -2.01. The van der Waals surface area contributed by atoms with E-state index >= 15 is 0 Å². The quantitative estimate of drug-likeness (QED) is 0.599. The Morgan fingerprint density at radius 2 is 1.58 bits per heavy atom. The Labute approximate surface area is 135 Å². The van der Waals surface area contributed by atoms with Crippen LogP contribution in [-0.2, 0) is 0 Å². The number of hydrogen-bond acceptors (Lipinski definition) is 8. The van der Waals surface area contributed by atoms with Crippen LogP contribution < -0.4 is 15.8 Å². The zero-order chi connectivity index (χ0) is 18.4. The van der Waals surface area contributed by atoms with Crippen molar-refractivity contribution in [1.82, 2.24) is 4.98 Å². The van der Waals surface area contributed by atoms with Crippen molar-refractivity contribution in [3.63, 3.8) is 0 Å². The minimum atomic E-state index is -1.71. The number of nitro groups is 2. The van der Waals surface area contributed by atoms with Gasteiger partial charge in [-0.05, 0) is 13.8 Å². The van der Waals surface area contributed by atoms with Gasteiger partial charge in [-0.1, -0.05) is 4.98 Å². The standard InChI is InChI=1S/C7H4N2O6.C6H9N3/c10-7(11)4-1-5(8(12)13)3-6(2-4)9(14)15;1-4-3-5(2)9-6(7)8-4/h1-3H,(H,10,11);3H,1-2H3,(H2,7,8,9). The van der Waals surface area contributed by atoms with E-state index in [4.69, 9.17) is 5.73 Å². The molecule has 0 radical (unpaired) electrons. The number of nitro benzene ring substituents is 2. The highest BCUT2D eigenvalue weighted by Gasteiger charge is 2.16. The fourth-order valence-electron chi connectivity index (χ4n) is 1.73. The van der Waals surface area contributed by atoms with E-state index in [0.29, 0.717) is 24.1 Å². The summed E-state index contributed by atoms with van der Waals surface area (Å²) >= 11 is 0. The molecule has 126 valence electrons. The van der Waals surface area contributed by atoms with Crippen molar-refractivity contribution in [1.29, 1.82) is 0 Å². The number of carboxylic acids is 1. The first-order chi connectivity index (χ1) is 11.1. The second-order valence-corrected chi connectivity index (χ2v) is 4.63. The van der Waals surface area contributed by atoms with E-state index in [2.05, 4.69) is 9.97 Å². The Morgan fingerprint density at radius 1 is 1.08 bits per heavy atom. The van der Waals surface area contributed by atoms with Crippen molar-refractivity contribution in [3.05, 3.63) is 61.4 Å². The maximum Gasteiger partial charge on any atom is 0.387 e. The molecule has 0 saturated heterocycles. The molecular formula is C13H13N5O6. The van der Waals surface area contributed by atoms with Crippen molar-refractivity contribution in [2.45, 2.75) is 13.8 Å². The number of H-pyrrole nitrogens is 1. The number of aryl methyl sites for hydroxylation is 2. The van der Waals surface area contributed by atoms with Crippen molar-refractivity contribution < 1.29 is 24.7 Å². The van der Waals surface area contributed by atoms with E-state index < -0.39 is 32.8 Å². The fourth-order valence-corrected chi connectivity index (χ4v) is 1.73. The summed E-state index contributed by atoms with van der Waals surface area (Å²) in [6.07, 6.45) is 0. The summed E-state index contributed by atoms with van der Waals surface area (Å²) < 4.78 is 0. The van der Waals surface area contributed by atoms with E-state index in [9.17, 15) is 30.1 Å². The molecule has 0 aliphatic heterocycles. The molecule has 0 unspecified atom stereocenters. The van der Waals surface area contributed by atoms with Gasteiger partial charge in [0, 0.05) is 23.8 Å². The zero-order valence-corrected chi connectivity index (χ0v) is 12.7. The summed E-state index contributed by atoms with van der Waals surface area (Å²) in [5.74, 6) is -1.23. The second kappa shape index (κ2) is 7.58. The molecule has 11 nitrogen and oxygen atoms in total. The van der Waals surface area contributed by atoms with Crippen LogP contribution in [0.4, 0.5) is 17.3 Å². The summed E-state index contributed by atoms with van der Waals surface area (Å²) in [5, 5.41) is 31.0. The first-order valence-corrected chi connectivity index (χ1v) is 6.38. The second-order valence-electron chi connectivity index (χ2n) is 4.63. The molecule has 2 aromatic rings. The molecule has 0 aliphatic carbocycles. The van der Waals surface area contributed by atoms with Crippen LogP contribution in [0.25, 0.3) is 0 Å². The zero-order valence-electron chi connectivity index (χ0n) is 12.7. The minimum absolute atomic E-state index is 0.479. The highest BCUT2D eigenvalue weighted by Crippen LogP contribution is 2.22. The molecule has 3 N–H and O–H groups in total. The average molecular weight is 335 g/mol. The van der Waals surface area contributed by atoms with E-state index in [1.54, 1.807) is 0 Å². The number of rotatable bonds is 3. The summed E-state index contributed by atoms with van der Waals surface area (Å²) in [6, 6.07) is 4.01. The van der Waals surface area contributed by atoms with Crippen LogP contribution >= 0.6 is 0 Å². The Balaban J connectivity index is 0.000000272. The Hall–Kier alpha value is -3.63. The number of carboxylic acid groups (broad SMARTS) is 1. The number of aromatic nitrogens is 2. The molecule has 0 atom stereocenters. The normalized spacial score (nSPS) is 9.58. The predicted molar refractivity (Wildman–Crippen MR) is 78.8 cm³/mol. The maximum absolute atomic E-state index is 10.4. The average Bonchev–Trinajstić information content (AvgIpc) is 2.45. The van der Waals surface area contributed by atoms with Gasteiger partial charge in [0.05, 0.1) is 27.6 Å². The van der Waals surface area contributed by atoms with Gasteiger partial charge in [-0.2, -0.15) is 0 Å². The Kier molecular flexibility index (Phi) is 5.82. The Bertz CT molecular complexity index is 678. The van der Waals surface area contributed by atoms with Gasteiger partial charge in [0.2, 0.25) is 0 Å². The topological polar surface area (TPSA) is 179 Å². The van der Waals surface area contributed by atoms with E-state index in [1.165, 1.54) is 0 Å². The van der Waals surface area contributed by atoms with Crippen LogP contribution in [0.5, 0.6) is 0 Å². The van der Waals surface area contributed by atoms with E-state index in [0.717, 1.165) is 11.4 Å². The molecule has 0 spiro atoms. The summed E-state index contributed by atoms with van der Waals surface area (Å²) in [4.78, 5) is 36.0. The molecule has 24 heavy (non-hydrogen) atoms. The summed E-state index contributed by atoms with van der Waals surface area (Å²) in [7, 11) is 0. The number of benzene rings is 1. The third kappa shape index (κ3) is 5.29. The largest absolute Gasteiger partial charge is 0.545 e. The lowest BCUT2D eigenvalue weighted by Crippen LogP contribution is -2.22. The smallest absolute Gasteiger partial charge is 0.387 e. The predicted octanol–water partition coefficient (Wildman–Crippen LogP) is -0.0388. The molecule has 0 amide bonds. The van der Waals surface area contributed by atoms with Crippen LogP contribution in [0.15, 0.2) is 24.3 Å². The SMILES string of the molecule is Cc1cc(C)[nH+]c(N)n1.O=C([O-])c1cc([N+](=O)[O-])cc([N+](=O)[O-])c1. The van der Waals surface area contributed by atoms with Gasteiger partial charge in [0.15, 0.2) is 0 Å². The molecule has 2 rings (SSSR count). The minimum Gasteiger partial charge on any atom is -0.545 e. The number of non-ortho nitro benzene ring substituents is 2. The van der Waals surface area contributed by atoms with E-state index in [1.807, 2.05) is 19.9 Å². The van der Waals surface area contributed by atoms with Crippen molar-refractivity contribution >= 4 is 23.3 Å². The monoisotopic (exact) mass is 335 g/mol. The van der Waals surface area contributed by atoms with Crippen LogP contribution in [0.2, 0.25) is 0 Å². The van der Waals surface area contributed by atoms with Gasteiger partial charge < -0.3 is 9.90 Å². The molecule has 1 aromatic heterocycles. The number of aromatic carboxylic acids is 1. The number of carbonyl (C=O) groups excluding carboxylic acids is 1. The molecular weight excluding hydrogens is 322 g/mol. The van der Waals surface area contributed by atoms with Crippen molar-refractivity contribution in [2.24, 2.45) is 0 Å². The Morgan fingerprint density at radius 3 is 1.92 bits per heavy atom. The van der Waals surface area contributed by atoms with E-state index in [-0.39, 0.29) is 0 Å². The number of nitrogens with zero attached hydrogens (tertiary/aromatic N) is 3. The summed E-state index contributed by atoms with van der Waals surface area (Å²) in [6.45, 7) is 3.86. The molecule has 1 heterocycles. The van der Waals surface area contributed by atoms with Crippen molar-refractivity contribution in [2.75, 3.05) is 5.73 Å². The molecule has 1 aromatic carbocycles. The van der Waals surface area contributed by atoms with Crippen molar-refractivity contribution in [3.8, 4) is 0 Å². The third-order valence-electron chi connectivity index (χ3n) is 2.61. The highest BCUT2D eigenvalue weighted by atomic mass is 16.6. The molecule has 0 aliphatic rings. The fraction of sp³-hybridized carbons (Fsp3) is 0.154. The number of nitrogens with two attached hydrogens (primary N) is 1. The van der Waals surface area contributed by atoms with Crippen LogP contribution in [0.1, 0.15) is 21.7 Å². The number of anilines is 1. The first kappa shape index (κ1) is 18.4. The number of aromatic amines is 1. The molecule has 11 heteroatoms. The lowest BCUT2D eigenvalue weighted by atomic mass is 10.2. The highest BCUT2D eigenvalue weighted by molar-refractivity contribution is 5.87. The van der Waals surface area contributed by atoms with Gasteiger partial charge in [-0.25, -0.2) is 4.98 Å². The van der Waals surface area contributed by atoms with Gasteiger partial charge in [-0.3, -0.25) is 26.0 Å². The lowest BCUT2D eigenvalue weighted by molar-refractivity contribution is -0.394. The number of nitrogen functional groups attached to an aromatic ring is 1. The number of hydrogen-bond donors (Lipinski definition) is 1. The van der Waals surface area contributed by atoms with Gasteiger partial charge >= 0.3 is 5.95 Å². The maximum atomic E-state index is 10.4. The van der Waals surface area contributed by atoms with Crippen LogP contribution in [0, 0.1) is 34.1 Å². The number of carbonyl (C=O) groups is 1. The van der Waals surface area contributed by atoms with Gasteiger partial charge in [0.1, 0.15) is 5.69 Å². The van der Waals surface area contributed by atoms with Crippen LogP contribution in [0.3, 0.4) is 0 Å². The summed E-state index contributed by atoms with van der Waals surface area (Å²) in [5.41, 5.74) is 5.45. The first-order valence-electron chi connectivity index (χ1n) is 6.38. The molecule has 0 bridgehead atoms. The van der Waals surface area contributed by atoms with Gasteiger partial charge in [0.25, 0.3) is 11.4 Å². The third-order valence-corrected chi connectivity index (χ3v) is 2.61. The number of nitrogens with one attached hydrogen (secondary N) is 1.